The molecule has 0 fully saturated rings. The van der Waals surface area contributed by atoms with Crippen LogP contribution in [-0.4, -0.2) is 30.3 Å². The molecule has 0 spiro atoms. The Balaban J connectivity index is 0. The van der Waals surface area contributed by atoms with Crippen LogP contribution in [0.1, 0.15) is 40.5 Å². The van der Waals surface area contributed by atoms with Gasteiger partial charge in [-0.2, -0.15) is 0 Å². The Kier molecular flexibility index (Phi) is 12.0. The highest BCUT2D eigenvalue weighted by atomic mass is 16.1. The molecule has 0 aromatic heterocycles. The van der Waals surface area contributed by atoms with Gasteiger partial charge in [0.05, 0.1) is 0 Å². The minimum Gasteiger partial charge on any atom is -0.369 e. The van der Waals surface area contributed by atoms with Crippen molar-refractivity contribution < 1.29 is 9.59 Å². The van der Waals surface area contributed by atoms with E-state index in [1.54, 1.807) is 4.90 Å². The van der Waals surface area contributed by atoms with Gasteiger partial charge in [-0.3, -0.25) is 9.59 Å². The van der Waals surface area contributed by atoms with Crippen LogP contribution in [0.5, 0.6) is 0 Å². The monoisotopic (exact) mass is 216 g/mol. The minimum atomic E-state index is -0.171. The van der Waals surface area contributed by atoms with E-state index in [0.29, 0.717) is 0 Å². The van der Waals surface area contributed by atoms with Gasteiger partial charge < -0.3 is 10.6 Å². The topological polar surface area (TPSA) is 63.4 Å². The van der Waals surface area contributed by atoms with Crippen LogP contribution in [-0.2, 0) is 9.59 Å². The standard InChI is InChI=1S/C6H13NO.C5H11NO/c1-3-5(4-2)6(7)8;1-3-6(4-2)5-7/h5H,3-4H2,1-2H3,(H2,7,8);5H,3-4H2,1-2H3. The maximum Gasteiger partial charge on any atom is 0.220 e. The Morgan fingerprint density at radius 3 is 1.60 bits per heavy atom. The van der Waals surface area contributed by atoms with Crippen LogP contribution >= 0.6 is 0 Å². The molecule has 0 aliphatic carbocycles. The summed E-state index contributed by atoms with van der Waals surface area (Å²) in [5.41, 5.74) is 5.02. The Bertz CT molecular complexity index is 164. The Labute approximate surface area is 92.8 Å². The van der Waals surface area contributed by atoms with Gasteiger partial charge in [0.1, 0.15) is 0 Å². The van der Waals surface area contributed by atoms with Crippen LogP contribution in [0.3, 0.4) is 0 Å². The van der Waals surface area contributed by atoms with E-state index in [-0.39, 0.29) is 11.8 Å². The second kappa shape index (κ2) is 11.0. The van der Waals surface area contributed by atoms with Gasteiger partial charge >= 0.3 is 0 Å². The molecule has 0 unspecified atom stereocenters. The smallest absolute Gasteiger partial charge is 0.220 e. The first-order valence-corrected chi connectivity index (χ1v) is 5.55. The molecule has 0 bridgehead atoms. The Morgan fingerprint density at radius 1 is 1.20 bits per heavy atom. The van der Waals surface area contributed by atoms with Crippen molar-refractivity contribution >= 4 is 12.3 Å². The van der Waals surface area contributed by atoms with Gasteiger partial charge in [-0.25, -0.2) is 0 Å². The van der Waals surface area contributed by atoms with Crippen molar-refractivity contribution in [1.82, 2.24) is 4.90 Å². The molecule has 0 radical (unpaired) electrons. The fourth-order valence-electron chi connectivity index (χ4n) is 1.06. The molecular formula is C11H24N2O2. The lowest BCUT2D eigenvalue weighted by Gasteiger charge is -2.08. The number of primary amides is 1. The van der Waals surface area contributed by atoms with Crippen molar-refractivity contribution in [2.45, 2.75) is 40.5 Å². The van der Waals surface area contributed by atoms with Crippen LogP contribution in [0.4, 0.5) is 0 Å². The normalized spacial score (nSPS) is 9.13. The van der Waals surface area contributed by atoms with E-state index in [1.165, 1.54) is 0 Å². The van der Waals surface area contributed by atoms with E-state index in [9.17, 15) is 9.59 Å². The van der Waals surface area contributed by atoms with Crippen LogP contribution in [0, 0.1) is 5.92 Å². The fraction of sp³-hybridized carbons (Fsp3) is 0.818. The third kappa shape index (κ3) is 9.25. The Morgan fingerprint density at radius 2 is 1.60 bits per heavy atom. The van der Waals surface area contributed by atoms with E-state index in [2.05, 4.69) is 0 Å². The highest BCUT2D eigenvalue weighted by molar-refractivity contribution is 5.76. The molecule has 0 saturated heterocycles. The summed E-state index contributed by atoms with van der Waals surface area (Å²) in [5.74, 6) is -0.0787. The van der Waals surface area contributed by atoms with E-state index in [0.717, 1.165) is 32.3 Å². The molecule has 0 aromatic rings. The average molecular weight is 216 g/mol. The second-order valence-corrected chi connectivity index (χ2v) is 3.24. The predicted molar refractivity (Wildman–Crippen MR) is 62.3 cm³/mol. The van der Waals surface area contributed by atoms with Crippen molar-refractivity contribution in [1.29, 1.82) is 0 Å². The molecule has 0 aliphatic heterocycles. The summed E-state index contributed by atoms with van der Waals surface area (Å²) in [5, 5.41) is 0. The maximum atomic E-state index is 10.4. The lowest BCUT2D eigenvalue weighted by molar-refractivity contribution is -0.122. The third-order valence-electron chi connectivity index (χ3n) is 2.35. The number of amides is 2. The van der Waals surface area contributed by atoms with Crippen molar-refractivity contribution in [2.75, 3.05) is 13.1 Å². The number of nitrogens with zero attached hydrogens (tertiary/aromatic N) is 1. The fourth-order valence-corrected chi connectivity index (χ4v) is 1.06. The van der Waals surface area contributed by atoms with Crippen molar-refractivity contribution in [3.05, 3.63) is 0 Å². The zero-order valence-electron chi connectivity index (χ0n) is 10.3. The van der Waals surface area contributed by atoms with E-state index in [1.807, 2.05) is 27.7 Å². The van der Waals surface area contributed by atoms with Gasteiger partial charge in [0.15, 0.2) is 0 Å². The molecule has 2 amide bonds. The molecule has 4 nitrogen and oxygen atoms in total. The number of hydrogen-bond acceptors (Lipinski definition) is 2. The molecule has 90 valence electrons. The largest absolute Gasteiger partial charge is 0.369 e. The lowest BCUT2D eigenvalue weighted by atomic mass is 10.0. The van der Waals surface area contributed by atoms with Crippen LogP contribution in [0.15, 0.2) is 0 Å². The van der Waals surface area contributed by atoms with Gasteiger partial charge in [0, 0.05) is 19.0 Å². The number of hydrogen-bond donors (Lipinski definition) is 1. The molecule has 0 rings (SSSR count). The number of nitrogens with two attached hydrogens (primary N) is 1. The van der Waals surface area contributed by atoms with Crippen molar-refractivity contribution in [3.8, 4) is 0 Å². The first-order valence-electron chi connectivity index (χ1n) is 5.55. The minimum absolute atomic E-state index is 0.0926. The summed E-state index contributed by atoms with van der Waals surface area (Å²) >= 11 is 0. The molecule has 0 aromatic carbocycles. The molecule has 4 heteroatoms. The van der Waals surface area contributed by atoms with E-state index < -0.39 is 0 Å². The van der Waals surface area contributed by atoms with Gasteiger partial charge in [-0.1, -0.05) is 13.8 Å². The number of rotatable bonds is 6. The maximum absolute atomic E-state index is 10.4. The Hall–Kier alpha value is -1.06. The first-order chi connectivity index (χ1) is 7.06. The molecule has 0 saturated carbocycles. The summed E-state index contributed by atoms with van der Waals surface area (Å²) in [4.78, 5) is 22.0. The van der Waals surface area contributed by atoms with Gasteiger partial charge in [-0.15, -0.1) is 0 Å². The second-order valence-electron chi connectivity index (χ2n) is 3.24. The summed E-state index contributed by atoms with van der Waals surface area (Å²) in [7, 11) is 0. The summed E-state index contributed by atoms with van der Waals surface area (Å²) in [6, 6.07) is 0. The van der Waals surface area contributed by atoms with E-state index in [4.69, 9.17) is 5.73 Å². The highest BCUT2D eigenvalue weighted by Crippen LogP contribution is 2.04. The lowest BCUT2D eigenvalue weighted by Crippen LogP contribution is -2.21. The van der Waals surface area contributed by atoms with Gasteiger partial charge in [-0.05, 0) is 26.7 Å². The molecule has 15 heavy (non-hydrogen) atoms. The van der Waals surface area contributed by atoms with Crippen LogP contribution in [0.25, 0.3) is 0 Å². The quantitative estimate of drug-likeness (QED) is 0.682. The van der Waals surface area contributed by atoms with Gasteiger partial charge in [0.2, 0.25) is 12.3 Å². The first kappa shape index (κ1) is 16.4. The zero-order valence-corrected chi connectivity index (χ0v) is 10.3. The molecule has 0 atom stereocenters. The average Bonchev–Trinajstić information content (AvgIpc) is 2.22. The number of carbonyl (C=O) groups is 2. The SMILES string of the molecule is CCC(CC)C(N)=O.CCN(C=O)CC. The van der Waals surface area contributed by atoms with Crippen LogP contribution in [0.2, 0.25) is 0 Å². The highest BCUT2D eigenvalue weighted by Gasteiger charge is 2.07. The molecule has 0 heterocycles. The summed E-state index contributed by atoms with van der Waals surface area (Å²) in [6.07, 6.45) is 2.59. The summed E-state index contributed by atoms with van der Waals surface area (Å²) in [6.45, 7) is 9.49. The van der Waals surface area contributed by atoms with Crippen molar-refractivity contribution in [2.24, 2.45) is 11.7 Å². The number of carbonyl (C=O) groups excluding carboxylic acids is 2. The third-order valence-corrected chi connectivity index (χ3v) is 2.35. The molecular weight excluding hydrogens is 192 g/mol. The van der Waals surface area contributed by atoms with E-state index >= 15 is 0 Å². The molecule has 2 N–H and O–H groups in total. The summed E-state index contributed by atoms with van der Waals surface area (Å²) < 4.78 is 0. The molecule has 0 aliphatic rings. The van der Waals surface area contributed by atoms with Crippen molar-refractivity contribution in [3.63, 3.8) is 0 Å². The predicted octanol–water partition coefficient (Wildman–Crippen LogP) is 1.39. The zero-order chi connectivity index (χ0) is 12.3. The van der Waals surface area contributed by atoms with Gasteiger partial charge in [0.25, 0.3) is 0 Å². The van der Waals surface area contributed by atoms with Crippen LogP contribution < -0.4 is 5.73 Å².